The molecular formula is C26H28Cl2Zr. The average molecular weight is 503 g/mol. The molecule has 0 nitrogen and oxygen atoms in total. The Balaban J connectivity index is 0.000000490. The Hall–Kier alpha value is -1.01. The van der Waals surface area contributed by atoms with Crippen LogP contribution in [0.5, 0.6) is 0 Å². The molecule has 0 bridgehead atoms. The van der Waals surface area contributed by atoms with Crippen LogP contribution < -0.4 is 24.8 Å². The van der Waals surface area contributed by atoms with Gasteiger partial charge in [-0.2, -0.15) is 17.2 Å². The Bertz CT molecular complexity index is 989. The molecule has 0 fully saturated rings. The number of halogens is 2. The average Bonchev–Trinajstić information content (AvgIpc) is 3.16. The second-order valence-electron chi connectivity index (χ2n) is 8.29. The van der Waals surface area contributed by atoms with Crippen molar-refractivity contribution in [2.24, 2.45) is 5.41 Å². The van der Waals surface area contributed by atoms with Crippen LogP contribution in [0.15, 0.2) is 83.0 Å². The summed E-state index contributed by atoms with van der Waals surface area (Å²) in [5.74, 6) is 0. The normalized spacial score (nSPS) is 12.7. The smallest absolute Gasteiger partial charge is 1.00 e. The van der Waals surface area contributed by atoms with Crippen molar-refractivity contribution in [1.29, 1.82) is 0 Å². The van der Waals surface area contributed by atoms with Crippen molar-refractivity contribution in [3.63, 3.8) is 0 Å². The Kier molecular flexibility index (Phi) is 11.0. The van der Waals surface area contributed by atoms with Gasteiger partial charge in [-0.05, 0) is 0 Å². The molecule has 0 saturated carbocycles. The van der Waals surface area contributed by atoms with Crippen LogP contribution >= 0.6 is 0 Å². The van der Waals surface area contributed by atoms with E-state index in [2.05, 4.69) is 108 Å². The van der Waals surface area contributed by atoms with Crippen LogP contribution in [0.1, 0.15) is 41.5 Å². The van der Waals surface area contributed by atoms with Crippen molar-refractivity contribution in [3.8, 4) is 0 Å². The Morgan fingerprint density at radius 3 is 1.62 bits per heavy atom. The topological polar surface area (TPSA) is 0 Å². The van der Waals surface area contributed by atoms with Gasteiger partial charge in [0.25, 0.3) is 0 Å². The van der Waals surface area contributed by atoms with E-state index < -0.39 is 0 Å². The number of allylic oxidation sites excluding steroid dienone is 6. The van der Waals surface area contributed by atoms with Crippen LogP contribution in [-0.2, 0) is 26.2 Å². The summed E-state index contributed by atoms with van der Waals surface area (Å²) in [7, 11) is 0. The number of hydrogen-bond acceptors (Lipinski definition) is 0. The van der Waals surface area contributed by atoms with Crippen LogP contribution in [-0.4, -0.2) is 0 Å². The fourth-order valence-electron chi connectivity index (χ4n) is 3.51. The van der Waals surface area contributed by atoms with Gasteiger partial charge < -0.3 is 24.8 Å². The molecule has 0 heterocycles. The molecule has 4 rings (SSSR count). The molecule has 29 heavy (non-hydrogen) atoms. The minimum absolute atomic E-state index is 0. The van der Waals surface area contributed by atoms with E-state index in [-0.39, 0.29) is 56.4 Å². The van der Waals surface area contributed by atoms with Crippen molar-refractivity contribution in [3.05, 3.63) is 89.0 Å². The van der Waals surface area contributed by atoms with E-state index in [0.29, 0.717) is 0 Å². The maximum Gasteiger partial charge on any atom is 4.00 e. The molecule has 0 spiro atoms. The van der Waals surface area contributed by atoms with Gasteiger partial charge in [-0.15, -0.1) is 57.0 Å². The second-order valence-corrected chi connectivity index (χ2v) is 8.29. The van der Waals surface area contributed by atoms with Crippen molar-refractivity contribution in [2.75, 3.05) is 0 Å². The summed E-state index contributed by atoms with van der Waals surface area (Å²) in [4.78, 5) is 0. The summed E-state index contributed by atoms with van der Waals surface area (Å²) in [5, 5.41) is 5.39. The minimum Gasteiger partial charge on any atom is -1.00 e. The molecule has 0 saturated heterocycles. The van der Waals surface area contributed by atoms with Gasteiger partial charge >= 0.3 is 26.2 Å². The molecule has 0 radical (unpaired) electrons. The Morgan fingerprint density at radius 1 is 0.828 bits per heavy atom. The van der Waals surface area contributed by atoms with Crippen LogP contribution in [0, 0.1) is 11.5 Å². The molecule has 0 unspecified atom stereocenters. The van der Waals surface area contributed by atoms with Gasteiger partial charge in [0.1, 0.15) is 0 Å². The first-order valence-corrected chi connectivity index (χ1v) is 9.31. The van der Waals surface area contributed by atoms with E-state index in [1.54, 1.807) is 0 Å². The molecule has 0 N–H and O–H groups in total. The summed E-state index contributed by atoms with van der Waals surface area (Å²) in [6.07, 6.45) is 5.68. The molecule has 0 atom stereocenters. The predicted octanol–water partition coefficient (Wildman–Crippen LogP) is 1.78. The van der Waals surface area contributed by atoms with Crippen LogP contribution in [0.4, 0.5) is 0 Å². The predicted molar refractivity (Wildman–Crippen MR) is 115 cm³/mol. The molecule has 3 heteroatoms. The van der Waals surface area contributed by atoms with Gasteiger partial charge in [0, 0.05) is 0 Å². The van der Waals surface area contributed by atoms with Gasteiger partial charge in [-0.1, -0.05) is 83.4 Å². The fourth-order valence-corrected chi connectivity index (χ4v) is 3.51. The van der Waals surface area contributed by atoms with E-state index in [0.717, 1.165) is 0 Å². The molecule has 0 aliphatic heterocycles. The van der Waals surface area contributed by atoms with Crippen LogP contribution in [0.2, 0.25) is 0 Å². The maximum atomic E-state index is 3.41. The van der Waals surface area contributed by atoms with E-state index >= 15 is 0 Å². The zero-order valence-electron chi connectivity index (χ0n) is 18.0. The summed E-state index contributed by atoms with van der Waals surface area (Å²) < 4.78 is 0. The number of hydrogen-bond donors (Lipinski definition) is 0. The quantitative estimate of drug-likeness (QED) is 0.411. The fraction of sp³-hybridized carbons (Fsp3) is 0.269. The van der Waals surface area contributed by atoms with E-state index in [1.807, 2.05) is 0 Å². The molecule has 1 aliphatic rings. The first kappa shape index (κ1) is 28.0. The molecule has 3 aromatic carbocycles. The van der Waals surface area contributed by atoms with Gasteiger partial charge in [-0.25, -0.2) is 0 Å². The summed E-state index contributed by atoms with van der Waals surface area (Å²) in [5.41, 5.74) is 5.57. The largest absolute Gasteiger partial charge is 4.00 e. The number of rotatable bonds is 0. The zero-order valence-corrected chi connectivity index (χ0v) is 22.0. The summed E-state index contributed by atoms with van der Waals surface area (Å²) >= 11 is 0. The van der Waals surface area contributed by atoms with E-state index in [4.69, 9.17) is 0 Å². The molecule has 0 aromatic heterocycles. The SMILES string of the molecule is CC1=[C-]C(=C(C)C)C=C1C(C)(C)C.[Cl-].[Cl-].[Zr+4].c1ccc2c(c1)[cH-]c1ccccc12. The van der Waals surface area contributed by atoms with Crippen molar-refractivity contribution < 1.29 is 51.0 Å². The molecular weight excluding hydrogens is 474 g/mol. The van der Waals surface area contributed by atoms with Crippen molar-refractivity contribution >= 4 is 21.5 Å². The third-order valence-electron chi connectivity index (χ3n) is 4.88. The maximum absolute atomic E-state index is 3.41. The van der Waals surface area contributed by atoms with E-state index in [9.17, 15) is 0 Å². The Morgan fingerprint density at radius 2 is 1.28 bits per heavy atom. The summed E-state index contributed by atoms with van der Waals surface area (Å²) in [6.45, 7) is 13.2. The zero-order chi connectivity index (χ0) is 18.9. The summed E-state index contributed by atoms with van der Waals surface area (Å²) in [6, 6.07) is 19.3. The second kappa shape index (κ2) is 11.4. The van der Waals surface area contributed by atoms with Crippen LogP contribution in [0.3, 0.4) is 0 Å². The first-order chi connectivity index (χ1) is 12.3. The van der Waals surface area contributed by atoms with E-state index in [1.165, 1.54) is 43.8 Å². The minimum atomic E-state index is 0. The number of benzene rings is 2. The standard InChI is InChI=1S/C13H9.C13H19.2ClH.Zr/c1-3-7-12-10(5-1)9-11-6-2-4-8-13(11)12;1-9(2)11-7-10(3)12(8-11)13(4,5)6;;;/h1-9H;8H,1-6H3;2*1H;/q2*-1;;;+4/p-2. The Labute approximate surface area is 207 Å². The first-order valence-electron chi connectivity index (χ1n) is 9.31. The molecule has 150 valence electrons. The number of fused-ring (bicyclic) bond motifs is 3. The monoisotopic (exact) mass is 500 g/mol. The third kappa shape index (κ3) is 6.48. The van der Waals surface area contributed by atoms with Crippen molar-refractivity contribution in [2.45, 2.75) is 41.5 Å². The van der Waals surface area contributed by atoms with Crippen molar-refractivity contribution in [1.82, 2.24) is 0 Å². The van der Waals surface area contributed by atoms with Gasteiger partial charge in [0.05, 0.1) is 0 Å². The van der Waals surface area contributed by atoms with Gasteiger partial charge in [0.15, 0.2) is 0 Å². The molecule has 3 aromatic rings. The molecule has 0 amide bonds. The third-order valence-corrected chi connectivity index (χ3v) is 4.88. The molecule has 1 aliphatic carbocycles. The van der Waals surface area contributed by atoms with Crippen LogP contribution in [0.25, 0.3) is 21.5 Å². The van der Waals surface area contributed by atoms with Gasteiger partial charge in [-0.3, -0.25) is 0 Å². The van der Waals surface area contributed by atoms with Gasteiger partial charge in [0.2, 0.25) is 0 Å².